The molecule has 1 amide bonds. The molecule has 0 aliphatic carbocycles. The molecule has 8 heteroatoms. The zero-order valence-electron chi connectivity index (χ0n) is 17.3. The summed E-state index contributed by atoms with van der Waals surface area (Å²) in [5.41, 5.74) is 3.46. The summed E-state index contributed by atoms with van der Waals surface area (Å²) in [5.74, 6) is 0.159. The molecule has 2 aromatic carbocycles. The summed E-state index contributed by atoms with van der Waals surface area (Å²) in [6.07, 6.45) is 2.13. The molecular formula is C24H20FN3O2S2. The first-order chi connectivity index (χ1) is 15.5. The summed E-state index contributed by atoms with van der Waals surface area (Å²) in [6, 6.07) is 12.6. The number of carbonyl (C=O) groups is 1. The van der Waals surface area contributed by atoms with Gasteiger partial charge in [-0.05, 0) is 30.5 Å². The number of hydrogen-bond acceptors (Lipinski definition) is 5. The molecule has 3 heterocycles. The van der Waals surface area contributed by atoms with Gasteiger partial charge in [0, 0.05) is 21.6 Å². The Hall–Kier alpha value is -2.97. The van der Waals surface area contributed by atoms with Crippen molar-refractivity contribution >= 4 is 39.2 Å². The molecule has 0 spiro atoms. The summed E-state index contributed by atoms with van der Waals surface area (Å²) in [6.45, 7) is 1.87. The van der Waals surface area contributed by atoms with E-state index in [0.29, 0.717) is 21.5 Å². The number of thiophene rings is 1. The van der Waals surface area contributed by atoms with Crippen molar-refractivity contribution in [2.24, 2.45) is 0 Å². The molecule has 1 aliphatic rings. The fraction of sp³-hybridized carbons (Fsp3) is 0.208. The van der Waals surface area contributed by atoms with E-state index in [1.165, 1.54) is 40.1 Å². The average Bonchev–Trinajstić information content (AvgIpc) is 3.22. The monoisotopic (exact) mass is 465 g/mol. The lowest BCUT2D eigenvalue weighted by Gasteiger charge is -2.26. The van der Waals surface area contributed by atoms with Gasteiger partial charge in [-0.15, -0.1) is 23.1 Å². The van der Waals surface area contributed by atoms with E-state index in [4.69, 9.17) is 0 Å². The Bertz CT molecular complexity index is 1380. The third-order valence-corrected chi connectivity index (χ3v) is 7.64. The molecule has 0 saturated heterocycles. The summed E-state index contributed by atoms with van der Waals surface area (Å²) < 4.78 is 15.5. The minimum absolute atomic E-state index is 0.140. The van der Waals surface area contributed by atoms with E-state index in [1.54, 1.807) is 6.07 Å². The van der Waals surface area contributed by atoms with Gasteiger partial charge in [0.15, 0.2) is 0 Å². The van der Waals surface area contributed by atoms with Crippen molar-refractivity contribution in [1.82, 2.24) is 14.9 Å². The van der Waals surface area contributed by atoms with Crippen LogP contribution in [-0.2, 0) is 11.3 Å². The van der Waals surface area contributed by atoms with Gasteiger partial charge >= 0.3 is 0 Å². The maximum absolute atomic E-state index is 14.1. The highest BCUT2D eigenvalue weighted by atomic mass is 32.2. The van der Waals surface area contributed by atoms with Crippen LogP contribution in [0.5, 0.6) is 0 Å². The van der Waals surface area contributed by atoms with Crippen molar-refractivity contribution in [3.8, 4) is 11.1 Å². The molecule has 5 nitrogen and oxygen atoms in total. The second-order valence-electron chi connectivity index (χ2n) is 7.79. The first-order valence-corrected chi connectivity index (χ1v) is 12.1. The van der Waals surface area contributed by atoms with Crippen LogP contribution in [0.4, 0.5) is 4.39 Å². The average molecular weight is 466 g/mol. The Morgan fingerprint density at radius 3 is 2.88 bits per heavy atom. The van der Waals surface area contributed by atoms with Gasteiger partial charge in [0.25, 0.3) is 5.56 Å². The van der Waals surface area contributed by atoms with Crippen LogP contribution in [0.25, 0.3) is 21.3 Å². The molecule has 1 atom stereocenters. The van der Waals surface area contributed by atoms with Gasteiger partial charge in [0.05, 0.1) is 17.8 Å². The lowest BCUT2D eigenvalue weighted by molar-refractivity contribution is -0.122. The van der Waals surface area contributed by atoms with Crippen LogP contribution in [0.3, 0.4) is 0 Å². The lowest BCUT2D eigenvalue weighted by Crippen LogP contribution is -2.36. The van der Waals surface area contributed by atoms with Gasteiger partial charge in [-0.3, -0.25) is 14.2 Å². The summed E-state index contributed by atoms with van der Waals surface area (Å²) in [5, 5.41) is 5.42. The normalized spacial score (nSPS) is 15.5. The van der Waals surface area contributed by atoms with Crippen molar-refractivity contribution < 1.29 is 9.18 Å². The third-order valence-electron chi connectivity index (χ3n) is 5.60. The molecule has 0 saturated carbocycles. The molecule has 4 aromatic rings. The van der Waals surface area contributed by atoms with E-state index >= 15 is 0 Å². The quantitative estimate of drug-likeness (QED) is 0.464. The third kappa shape index (κ3) is 3.84. The number of nitrogens with zero attached hydrogens (tertiary/aromatic N) is 2. The highest BCUT2D eigenvalue weighted by molar-refractivity contribution is 7.99. The van der Waals surface area contributed by atoms with Crippen molar-refractivity contribution in [1.29, 1.82) is 0 Å². The highest BCUT2D eigenvalue weighted by Gasteiger charge is 2.25. The molecule has 0 fully saturated rings. The fourth-order valence-electron chi connectivity index (χ4n) is 3.96. The van der Waals surface area contributed by atoms with Crippen LogP contribution in [-0.4, -0.2) is 21.2 Å². The number of hydrogen-bond donors (Lipinski definition) is 1. The van der Waals surface area contributed by atoms with E-state index < -0.39 is 0 Å². The zero-order chi connectivity index (χ0) is 22.2. The van der Waals surface area contributed by atoms with E-state index in [-0.39, 0.29) is 29.9 Å². The molecule has 0 bridgehead atoms. The summed E-state index contributed by atoms with van der Waals surface area (Å²) in [7, 11) is 0. The predicted octanol–water partition coefficient (Wildman–Crippen LogP) is 4.93. The predicted molar refractivity (Wildman–Crippen MR) is 127 cm³/mol. The minimum atomic E-state index is -0.299. The van der Waals surface area contributed by atoms with E-state index in [2.05, 4.69) is 10.3 Å². The Kier molecular flexibility index (Phi) is 5.57. The lowest BCUT2D eigenvalue weighted by atomic mass is 10.0. The maximum Gasteiger partial charge on any atom is 0.263 e. The number of rotatable bonds is 4. The largest absolute Gasteiger partial charge is 0.348 e. The zero-order valence-corrected chi connectivity index (χ0v) is 18.9. The summed E-state index contributed by atoms with van der Waals surface area (Å²) >= 11 is 2.88. The van der Waals surface area contributed by atoms with Crippen LogP contribution in [0.1, 0.15) is 23.6 Å². The van der Waals surface area contributed by atoms with Crippen molar-refractivity contribution in [2.75, 3.05) is 5.75 Å². The minimum Gasteiger partial charge on any atom is -0.348 e. The maximum atomic E-state index is 14.1. The van der Waals surface area contributed by atoms with Crippen LogP contribution in [0, 0.1) is 12.7 Å². The van der Waals surface area contributed by atoms with Gasteiger partial charge in [-0.25, -0.2) is 9.37 Å². The standard InChI is InChI=1S/C24H20FN3O2S2/c1-14-5-7-15(8-6-14)17-12-32-23-21(17)24(30)28(13-26-23)11-20(29)27-19-9-10-31-22-16(19)3-2-4-18(22)25/h2-8,12-13,19H,9-11H2,1H3,(H,27,29). The molecule has 162 valence electrons. The van der Waals surface area contributed by atoms with E-state index in [0.717, 1.165) is 28.0 Å². The second-order valence-corrected chi connectivity index (χ2v) is 9.75. The topological polar surface area (TPSA) is 64.0 Å². The Labute approximate surface area is 192 Å². The van der Waals surface area contributed by atoms with Gasteiger partial charge in [0.1, 0.15) is 17.2 Å². The Morgan fingerprint density at radius 1 is 1.25 bits per heavy atom. The number of benzene rings is 2. The van der Waals surface area contributed by atoms with Crippen molar-refractivity contribution in [3.05, 3.63) is 81.5 Å². The Balaban J connectivity index is 1.42. The number of amides is 1. The number of thioether (sulfide) groups is 1. The van der Waals surface area contributed by atoms with Gasteiger partial charge in [0.2, 0.25) is 5.91 Å². The molecule has 1 N–H and O–H groups in total. The first-order valence-electron chi connectivity index (χ1n) is 10.3. The van der Waals surface area contributed by atoms with Crippen LogP contribution < -0.4 is 10.9 Å². The number of aromatic nitrogens is 2. The molecule has 32 heavy (non-hydrogen) atoms. The van der Waals surface area contributed by atoms with Gasteiger partial charge < -0.3 is 5.32 Å². The first kappa shape index (κ1) is 20.9. The molecule has 1 unspecified atom stereocenters. The Morgan fingerprint density at radius 2 is 2.06 bits per heavy atom. The van der Waals surface area contributed by atoms with Crippen LogP contribution in [0.15, 0.2) is 63.9 Å². The summed E-state index contributed by atoms with van der Waals surface area (Å²) in [4.78, 5) is 31.7. The molecule has 5 rings (SSSR count). The number of fused-ring (bicyclic) bond motifs is 2. The van der Waals surface area contributed by atoms with Gasteiger partial charge in [-0.2, -0.15) is 0 Å². The van der Waals surface area contributed by atoms with Crippen LogP contribution >= 0.6 is 23.1 Å². The van der Waals surface area contributed by atoms with Gasteiger partial charge in [-0.1, -0.05) is 42.0 Å². The fourth-order valence-corrected chi connectivity index (χ4v) is 6.00. The van der Waals surface area contributed by atoms with E-state index in [1.807, 2.05) is 42.6 Å². The molecule has 0 radical (unpaired) electrons. The number of halogens is 1. The molecule has 2 aromatic heterocycles. The number of aryl methyl sites for hydroxylation is 1. The highest BCUT2D eigenvalue weighted by Crippen LogP contribution is 2.37. The smallest absolute Gasteiger partial charge is 0.263 e. The second kappa shape index (κ2) is 8.52. The molecular weight excluding hydrogens is 445 g/mol. The van der Waals surface area contributed by atoms with Crippen LogP contribution in [0.2, 0.25) is 0 Å². The van der Waals surface area contributed by atoms with Crippen molar-refractivity contribution in [2.45, 2.75) is 30.8 Å². The van der Waals surface area contributed by atoms with Crippen molar-refractivity contribution in [3.63, 3.8) is 0 Å². The molecule has 1 aliphatic heterocycles. The SMILES string of the molecule is Cc1ccc(-c2csc3ncn(CC(=O)NC4CCSc5c(F)cccc54)c(=O)c23)cc1. The number of carbonyl (C=O) groups excluding carboxylic acids is 1. The van der Waals surface area contributed by atoms with E-state index in [9.17, 15) is 14.0 Å². The number of nitrogens with one attached hydrogen (secondary N) is 1.